The van der Waals surface area contributed by atoms with Crippen molar-refractivity contribution < 1.29 is 14.3 Å². The summed E-state index contributed by atoms with van der Waals surface area (Å²) in [5, 5.41) is 4.40. The minimum Gasteiger partial charge on any atom is -0.497 e. The van der Waals surface area contributed by atoms with Gasteiger partial charge in [0.15, 0.2) is 0 Å². The van der Waals surface area contributed by atoms with Crippen LogP contribution in [0.2, 0.25) is 0 Å². The number of benzene rings is 2. The van der Waals surface area contributed by atoms with Crippen LogP contribution >= 0.6 is 11.3 Å². The highest BCUT2D eigenvalue weighted by atomic mass is 32.1. The third-order valence-electron chi connectivity index (χ3n) is 7.81. The van der Waals surface area contributed by atoms with Crippen LogP contribution in [0.3, 0.4) is 0 Å². The smallest absolute Gasteiger partial charge is 0.323 e. The van der Waals surface area contributed by atoms with Crippen molar-refractivity contribution in [2.24, 2.45) is 0 Å². The van der Waals surface area contributed by atoms with Gasteiger partial charge in [-0.25, -0.2) is 4.79 Å². The number of rotatable bonds is 5. The fourth-order valence-electron chi connectivity index (χ4n) is 5.79. The molecule has 7 nitrogen and oxygen atoms in total. The first kappa shape index (κ1) is 25.4. The predicted molar refractivity (Wildman–Crippen MR) is 157 cm³/mol. The van der Waals surface area contributed by atoms with Crippen molar-refractivity contribution >= 4 is 28.7 Å². The number of urea groups is 1. The van der Waals surface area contributed by atoms with Crippen LogP contribution in [0.5, 0.6) is 11.5 Å². The van der Waals surface area contributed by atoms with E-state index in [2.05, 4.69) is 57.4 Å². The largest absolute Gasteiger partial charge is 0.497 e. The molecular weight excluding hydrogens is 508 g/mol. The van der Waals surface area contributed by atoms with E-state index in [1.807, 2.05) is 42.5 Å². The van der Waals surface area contributed by atoms with Crippen molar-refractivity contribution in [3.05, 3.63) is 88.1 Å². The van der Waals surface area contributed by atoms with Gasteiger partial charge in [0.2, 0.25) is 0 Å². The number of fused-ring (bicyclic) bond motifs is 5. The molecule has 202 valence electrons. The quantitative estimate of drug-likeness (QED) is 0.307. The summed E-state index contributed by atoms with van der Waals surface area (Å²) in [6.07, 6.45) is 6.75. The Bertz CT molecular complexity index is 1500. The second-order valence-electron chi connectivity index (χ2n) is 10.3. The molecule has 1 aliphatic heterocycles. The van der Waals surface area contributed by atoms with Crippen LogP contribution in [0.15, 0.2) is 60.8 Å². The molecule has 0 bridgehead atoms. The van der Waals surface area contributed by atoms with E-state index in [-0.39, 0.29) is 12.1 Å². The van der Waals surface area contributed by atoms with Crippen LogP contribution in [0, 0.1) is 0 Å². The number of aromatic nitrogens is 1. The number of hydrogen-bond donors (Lipinski definition) is 1. The van der Waals surface area contributed by atoms with Gasteiger partial charge >= 0.3 is 6.03 Å². The fourth-order valence-corrected chi connectivity index (χ4v) is 7.19. The molecule has 1 atom stereocenters. The van der Waals surface area contributed by atoms with E-state index >= 15 is 0 Å². The van der Waals surface area contributed by atoms with Crippen LogP contribution in [0.25, 0.3) is 5.00 Å². The van der Waals surface area contributed by atoms with Crippen molar-refractivity contribution in [3.63, 3.8) is 0 Å². The highest BCUT2D eigenvalue weighted by Crippen LogP contribution is 2.44. The standard InChI is InChI=1S/C31H34N4O3S/c1-33(2)21-13-11-20(12-14-21)29-26-9-7-17-34(26)30-24(23-8-5-6-10-28(23)39-30)19-35(29)31(36)32-25-18-22(37-3)15-16-27(25)38-4/h7,9,11-18,29H,5-6,8,10,19H2,1-4H3,(H,32,36). The van der Waals surface area contributed by atoms with E-state index in [1.54, 1.807) is 20.3 Å². The van der Waals surface area contributed by atoms with E-state index in [1.165, 1.54) is 33.8 Å². The first-order chi connectivity index (χ1) is 19.0. The van der Waals surface area contributed by atoms with Gasteiger partial charge in [0.1, 0.15) is 16.5 Å². The Hall–Kier alpha value is -3.91. The molecule has 2 aromatic carbocycles. The summed E-state index contributed by atoms with van der Waals surface area (Å²) in [6, 6.07) is 17.7. The molecule has 2 aromatic heterocycles. The Morgan fingerprint density at radius 3 is 2.54 bits per heavy atom. The highest BCUT2D eigenvalue weighted by Gasteiger charge is 2.36. The molecule has 0 fully saturated rings. The summed E-state index contributed by atoms with van der Waals surface area (Å²) >= 11 is 1.89. The minimum atomic E-state index is -0.272. The van der Waals surface area contributed by atoms with Gasteiger partial charge < -0.3 is 29.2 Å². The summed E-state index contributed by atoms with van der Waals surface area (Å²) in [5.74, 6) is 1.24. The summed E-state index contributed by atoms with van der Waals surface area (Å²) < 4.78 is 13.3. The molecule has 0 radical (unpaired) electrons. The fraction of sp³-hybridized carbons (Fsp3) is 0.323. The van der Waals surface area contributed by atoms with Crippen molar-refractivity contribution in [3.8, 4) is 16.5 Å². The highest BCUT2D eigenvalue weighted by molar-refractivity contribution is 7.15. The molecule has 2 amide bonds. The summed E-state index contributed by atoms with van der Waals surface area (Å²) in [7, 11) is 7.29. The maximum atomic E-state index is 14.3. The van der Waals surface area contributed by atoms with Gasteiger partial charge in [0, 0.05) is 42.5 Å². The third-order valence-corrected chi connectivity index (χ3v) is 9.15. The number of nitrogens with zero attached hydrogens (tertiary/aromatic N) is 3. The third kappa shape index (κ3) is 4.52. The van der Waals surface area contributed by atoms with Gasteiger partial charge in [0.05, 0.1) is 38.2 Å². The monoisotopic (exact) mass is 542 g/mol. The molecule has 8 heteroatoms. The lowest BCUT2D eigenvalue weighted by atomic mass is 9.95. The van der Waals surface area contributed by atoms with Gasteiger partial charge in [-0.1, -0.05) is 12.1 Å². The average molecular weight is 543 g/mol. The van der Waals surface area contributed by atoms with E-state index < -0.39 is 0 Å². The number of hydrogen-bond acceptors (Lipinski definition) is 5. The minimum absolute atomic E-state index is 0.181. The number of methoxy groups -OCH3 is 2. The molecule has 1 aliphatic carbocycles. The van der Waals surface area contributed by atoms with E-state index in [0.717, 1.165) is 29.8 Å². The van der Waals surface area contributed by atoms with Crippen LogP contribution in [0.1, 0.15) is 46.1 Å². The first-order valence-corrected chi connectivity index (χ1v) is 14.2. The number of carbonyl (C=O) groups excluding carboxylic acids is 1. The molecule has 6 rings (SSSR count). The van der Waals surface area contributed by atoms with E-state index in [4.69, 9.17) is 9.47 Å². The Balaban J connectivity index is 1.48. The zero-order valence-corrected chi connectivity index (χ0v) is 23.7. The maximum Gasteiger partial charge on any atom is 0.323 e. The van der Waals surface area contributed by atoms with Gasteiger partial charge in [0.25, 0.3) is 0 Å². The molecule has 1 unspecified atom stereocenters. The summed E-state index contributed by atoms with van der Waals surface area (Å²) in [5.41, 5.74) is 6.55. The summed E-state index contributed by atoms with van der Waals surface area (Å²) in [4.78, 5) is 19.8. The number of nitrogens with one attached hydrogen (secondary N) is 1. The molecule has 0 spiro atoms. The second-order valence-corrected chi connectivity index (χ2v) is 11.4. The van der Waals surface area contributed by atoms with Crippen molar-refractivity contribution in [2.75, 3.05) is 38.5 Å². The van der Waals surface area contributed by atoms with Crippen molar-refractivity contribution in [2.45, 2.75) is 38.3 Å². The lowest BCUT2D eigenvalue weighted by Gasteiger charge is -2.32. The molecule has 1 N–H and O–H groups in total. The molecule has 0 saturated heterocycles. The van der Waals surface area contributed by atoms with Gasteiger partial charge in [-0.2, -0.15) is 0 Å². The molecule has 4 aromatic rings. The Kier molecular flexibility index (Phi) is 6.73. The molecule has 2 aliphatic rings. The van der Waals surface area contributed by atoms with Gasteiger partial charge in [-0.15, -0.1) is 11.3 Å². The van der Waals surface area contributed by atoms with E-state index in [9.17, 15) is 4.79 Å². The average Bonchev–Trinajstić information content (AvgIpc) is 3.55. The van der Waals surface area contributed by atoms with E-state index in [0.29, 0.717) is 23.7 Å². The molecule has 0 saturated carbocycles. The Morgan fingerprint density at radius 1 is 1.00 bits per heavy atom. The number of aryl methyl sites for hydroxylation is 1. The second kappa shape index (κ2) is 10.3. The van der Waals surface area contributed by atoms with Crippen LogP contribution in [-0.2, 0) is 19.4 Å². The first-order valence-electron chi connectivity index (χ1n) is 13.4. The van der Waals surface area contributed by atoms with Crippen molar-refractivity contribution in [1.82, 2.24) is 9.47 Å². The number of anilines is 2. The number of amides is 2. The zero-order valence-electron chi connectivity index (χ0n) is 22.9. The maximum absolute atomic E-state index is 14.3. The topological polar surface area (TPSA) is 59.0 Å². The van der Waals surface area contributed by atoms with Gasteiger partial charge in [-0.05, 0) is 73.2 Å². The normalized spacial score (nSPS) is 16.0. The zero-order chi connectivity index (χ0) is 27.1. The van der Waals surface area contributed by atoms with Gasteiger partial charge in [-0.3, -0.25) is 0 Å². The number of thiophene rings is 1. The lowest BCUT2D eigenvalue weighted by Crippen LogP contribution is -2.38. The Morgan fingerprint density at radius 2 is 1.79 bits per heavy atom. The summed E-state index contributed by atoms with van der Waals surface area (Å²) in [6.45, 7) is 0.529. The number of ether oxygens (including phenoxy) is 2. The molecule has 39 heavy (non-hydrogen) atoms. The number of carbonyl (C=O) groups is 1. The van der Waals surface area contributed by atoms with Crippen LogP contribution in [0.4, 0.5) is 16.2 Å². The van der Waals surface area contributed by atoms with Crippen LogP contribution < -0.4 is 19.7 Å². The molecular formula is C31H34N4O3S. The van der Waals surface area contributed by atoms with Crippen molar-refractivity contribution in [1.29, 1.82) is 0 Å². The molecule has 3 heterocycles. The lowest BCUT2D eigenvalue weighted by molar-refractivity contribution is 0.194. The van der Waals surface area contributed by atoms with Crippen LogP contribution in [-0.4, -0.2) is 43.8 Å². The SMILES string of the molecule is COc1ccc(OC)c(NC(=O)N2Cc3c(sc4c3CCCC4)-n3cccc3C2c2ccc(N(C)C)cc2)c1. The predicted octanol–water partition coefficient (Wildman–Crippen LogP) is 6.64. The Labute approximate surface area is 233 Å².